The number of alkyl halides is 3. The third-order valence-electron chi connectivity index (χ3n) is 3.47. The van der Waals surface area contributed by atoms with Gasteiger partial charge in [0, 0.05) is 5.39 Å². The van der Waals surface area contributed by atoms with Gasteiger partial charge in [0.05, 0.1) is 18.7 Å². The first-order valence-corrected chi connectivity index (χ1v) is 7.08. The van der Waals surface area contributed by atoms with E-state index in [1.807, 2.05) is 6.92 Å². The topological polar surface area (TPSA) is 42.4 Å². The number of rotatable bonds is 5. The van der Waals surface area contributed by atoms with Gasteiger partial charge in [-0.1, -0.05) is 13.3 Å². The summed E-state index contributed by atoms with van der Waals surface area (Å²) in [7, 11) is 1.49. The smallest absolute Gasteiger partial charge is 0.433 e. The normalized spacial score (nSPS) is 13.4. The third-order valence-corrected chi connectivity index (χ3v) is 3.47. The highest BCUT2D eigenvalue weighted by Crippen LogP contribution is 2.32. The van der Waals surface area contributed by atoms with Crippen molar-refractivity contribution in [3.8, 4) is 5.75 Å². The van der Waals surface area contributed by atoms with Crippen molar-refractivity contribution in [1.29, 1.82) is 0 Å². The molecule has 120 valence electrons. The van der Waals surface area contributed by atoms with Gasteiger partial charge in [-0.05, 0) is 42.7 Å². The molecule has 1 aromatic heterocycles. The second-order valence-corrected chi connectivity index (χ2v) is 5.19. The van der Waals surface area contributed by atoms with Crippen LogP contribution in [0.25, 0.3) is 10.9 Å². The number of hydrogen-bond acceptors (Lipinski definition) is 3. The number of halogens is 3. The van der Waals surface area contributed by atoms with Gasteiger partial charge in [-0.25, -0.2) is 4.98 Å². The Balaban J connectivity index is 2.56. The van der Waals surface area contributed by atoms with E-state index in [1.165, 1.54) is 13.2 Å². The van der Waals surface area contributed by atoms with Crippen LogP contribution in [0.2, 0.25) is 0 Å². The molecule has 3 nitrogen and oxygen atoms in total. The molecule has 0 saturated carbocycles. The lowest BCUT2D eigenvalue weighted by Gasteiger charge is -2.15. The highest BCUT2D eigenvalue weighted by atomic mass is 19.4. The van der Waals surface area contributed by atoms with E-state index in [2.05, 4.69) is 4.98 Å². The van der Waals surface area contributed by atoms with Crippen molar-refractivity contribution in [2.75, 3.05) is 7.11 Å². The van der Waals surface area contributed by atoms with Crippen molar-refractivity contribution < 1.29 is 23.0 Å². The Labute approximate surface area is 126 Å². The predicted octanol–water partition coefficient (Wildman–Crippen LogP) is 3.97. The Morgan fingerprint density at radius 3 is 2.59 bits per heavy atom. The Hall–Kier alpha value is -1.82. The van der Waals surface area contributed by atoms with Crippen LogP contribution in [0.3, 0.4) is 0 Å². The summed E-state index contributed by atoms with van der Waals surface area (Å²) < 4.78 is 44.0. The predicted molar refractivity (Wildman–Crippen MR) is 77.9 cm³/mol. The zero-order valence-electron chi connectivity index (χ0n) is 12.4. The average Bonchev–Trinajstić information content (AvgIpc) is 2.46. The zero-order chi connectivity index (χ0) is 16.3. The van der Waals surface area contributed by atoms with Gasteiger partial charge in [-0.15, -0.1) is 0 Å². The maximum Gasteiger partial charge on any atom is 0.433 e. The van der Waals surface area contributed by atoms with Crippen LogP contribution in [-0.4, -0.2) is 23.3 Å². The van der Waals surface area contributed by atoms with E-state index < -0.39 is 18.0 Å². The minimum absolute atomic E-state index is 0.156. The van der Waals surface area contributed by atoms with E-state index in [-0.39, 0.29) is 11.9 Å². The SMILES string of the molecule is CCCC(O)Cc1cc(C(F)(F)F)nc2ccc(OC)cc12. The Morgan fingerprint density at radius 1 is 1.27 bits per heavy atom. The zero-order valence-corrected chi connectivity index (χ0v) is 12.4. The lowest BCUT2D eigenvalue weighted by molar-refractivity contribution is -0.141. The van der Waals surface area contributed by atoms with Crippen LogP contribution in [0.15, 0.2) is 24.3 Å². The number of aromatic nitrogens is 1. The molecule has 2 rings (SSSR count). The molecule has 0 aliphatic heterocycles. The molecule has 2 aromatic rings. The Kier molecular flexibility index (Phi) is 4.90. The van der Waals surface area contributed by atoms with E-state index in [1.54, 1.807) is 12.1 Å². The van der Waals surface area contributed by atoms with E-state index in [4.69, 9.17) is 4.74 Å². The second-order valence-electron chi connectivity index (χ2n) is 5.19. The number of benzene rings is 1. The summed E-state index contributed by atoms with van der Waals surface area (Å²) >= 11 is 0. The maximum atomic E-state index is 13.0. The van der Waals surface area contributed by atoms with Crippen LogP contribution in [0, 0.1) is 0 Å². The molecule has 0 saturated heterocycles. The quantitative estimate of drug-likeness (QED) is 0.908. The fraction of sp³-hybridized carbons (Fsp3) is 0.438. The van der Waals surface area contributed by atoms with Gasteiger partial charge in [-0.3, -0.25) is 0 Å². The molecule has 1 N–H and O–H groups in total. The second kappa shape index (κ2) is 6.52. The van der Waals surface area contributed by atoms with Crippen molar-refractivity contribution >= 4 is 10.9 Å². The lowest BCUT2D eigenvalue weighted by Crippen LogP contribution is -2.13. The fourth-order valence-corrected chi connectivity index (χ4v) is 2.40. The molecule has 0 fully saturated rings. The Bertz CT molecular complexity index is 656. The Morgan fingerprint density at radius 2 is 2.00 bits per heavy atom. The fourth-order valence-electron chi connectivity index (χ4n) is 2.40. The van der Waals surface area contributed by atoms with E-state index in [0.29, 0.717) is 23.1 Å². The summed E-state index contributed by atoms with van der Waals surface area (Å²) in [5, 5.41) is 10.5. The van der Waals surface area contributed by atoms with Crippen LogP contribution in [0.5, 0.6) is 5.75 Å². The molecule has 0 bridgehead atoms. The van der Waals surface area contributed by atoms with Gasteiger partial charge in [-0.2, -0.15) is 13.2 Å². The summed E-state index contributed by atoms with van der Waals surface area (Å²) in [5.41, 5.74) is -0.268. The molecule has 22 heavy (non-hydrogen) atoms. The average molecular weight is 313 g/mol. The van der Waals surface area contributed by atoms with Gasteiger partial charge in [0.1, 0.15) is 11.4 Å². The van der Waals surface area contributed by atoms with Gasteiger partial charge < -0.3 is 9.84 Å². The first-order chi connectivity index (χ1) is 10.3. The number of ether oxygens (including phenoxy) is 1. The van der Waals surface area contributed by atoms with Crippen molar-refractivity contribution in [1.82, 2.24) is 4.98 Å². The number of fused-ring (bicyclic) bond motifs is 1. The number of hydrogen-bond donors (Lipinski definition) is 1. The highest BCUT2D eigenvalue weighted by molar-refractivity contribution is 5.84. The van der Waals surface area contributed by atoms with Gasteiger partial charge in [0.2, 0.25) is 0 Å². The van der Waals surface area contributed by atoms with Crippen molar-refractivity contribution in [3.05, 3.63) is 35.5 Å². The minimum Gasteiger partial charge on any atom is -0.497 e. The van der Waals surface area contributed by atoms with Gasteiger partial charge >= 0.3 is 6.18 Å². The van der Waals surface area contributed by atoms with Crippen LogP contribution < -0.4 is 4.74 Å². The molecule has 0 aliphatic carbocycles. The van der Waals surface area contributed by atoms with Crippen molar-refractivity contribution in [2.45, 2.75) is 38.5 Å². The van der Waals surface area contributed by atoms with E-state index >= 15 is 0 Å². The highest BCUT2D eigenvalue weighted by Gasteiger charge is 2.33. The molecule has 1 heterocycles. The number of methoxy groups -OCH3 is 1. The first kappa shape index (κ1) is 16.5. The molecule has 0 amide bonds. The molecule has 0 spiro atoms. The van der Waals surface area contributed by atoms with Crippen molar-refractivity contribution in [3.63, 3.8) is 0 Å². The summed E-state index contributed by atoms with van der Waals surface area (Å²) in [6, 6.07) is 5.73. The molecule has 0 aliphatic rings. The summed E-state index contributed by atoms with van der Waals surface area (Å²) in [6.45, 7) is 1.91. The summed E-state index contributed by atoms with van der Waals surface area (Å²) in [4.78, 5) is 3.67. The van der Waals surface area contributed by atoms with Crippen LogP contribution in [-0.2, 0) is 12.6 Å². The number of pyridine rings is 1. The van der Waals surface area contributed by atoms with Gasteiger partial charge in [0.25, 0.3) is 0 Å². The van der Waals surface area contributed by atoms with Crippen molar-refractivity contribution in [2.24, 2.45) is 0 Å². The minimum atomic E-state index is -4.52. The first-order valence-electron chi connectivity index (χ1n) is 7.08. The van der Waals surface area contributed by atoms with E-state index in [0.717, 1.165) is 12.5 Å². The molecular weight excluding hydrogens is 295 g/mol. The largest absolute Gasteiger partial charge is 0.497 e. The molecule has 1 atom stereocenters. The molecule has 6 heteroatoms. The third kappa shape index (κ3) is 3.68. The molecule has 1 unspecified atom stereocenters. The summed E-state index contributed by atoms with van der Waals surface area (Å²) in [5.74, 6) is 0.542. The summed E-state index contributed by atoms with van der Waals surface area (Å²) in [6.07, 6.45) is -3.74. The number of aliphatic hydroxyl groups excluding tert-OH is 1. The molecule has 1 aromatic carbocycles. The number of aliphatic hydroxyl groups is 1. The van der Waals surface area contributed by atoms with Gasteiger partial charge in [0.15, 0.2) is 0 Å². The van der Waals surface area contributed by atoms with Crippen LogP contribution in [0.1, 0.15) is 31.0 Å². The van der Waals surface area contributed by atoms with Crippen LogP contribution >= 0.6 is 0 Å². The molecule has 0 radical (unpaired) electrons. The monoisotopic (exact) mass is 313 g/mol. The van der Waals surface area contributed by atoms with E-state index in [9.17, 15) is 18.3 Å². The number of nitrogens with zero attached hydrogens (tertiary/aromatic N) is 1. The van der Waals surface area contributed by atoms with Crippen LogP contribution in [0.4, 0.5) is 13.2 Å². The maximum absolute atomic E-state index is 13.0. The molecular formula is C16H18F3NO2. The lowest BCUT2D eigenvalue weighted by atomic mass is 9.99. The standard InChI is InChI=1S/C16H18F3NO2/c1-3-4-11(21)7-10-8-15(16(17,18)19)20-14-6-5-12(22-2)9-13(10)14/h5-6,8-9,11,21H,3-4,7H2,1-2H3.